The van der Waals surface area contributed by atoms with Gasteiger partial charge in [-0.1, -0.05) is 38.1 Å². The highest BCUT2D eigenvalue weighted by Gasteiger charge is 2.17. The van der Waals surface area contributed by atoms with Gasteiger partial charge in [0, 0.05) is 25.4 Å². The van der Waals surface area contributed by atoms with Crippen LogP contribution in [0.1, 0.15) is 43.0 Å². The van der Waals surface area contributed by atoms with Crippen molar-refractivity contribution in [3.8, 4) is 0 Å². The molecule has 1 aromatic heterocycles. The highest BCUT2D eigenvalue weighted by Crippen LogP contribution is 2.23. The van der Waals surface area contributed by atoms with Crippen molar-refractivity contribution < 1.29 is 4.79 Å². The quantitative estimate of drug-likeness (QED) is 0.848. The van der Waals surface area contributed by atoms with Gasteiger partial charge < -0.3 is 10.2 Å². The topological polar surface area (TPSA) is 45.2 Å². The fourth-order valence-corrected chi connectivity index (χ4v) is 2.69. The lowest BCUT2D eigenvalue weighted by Gasteiger charge is -2.21. The first-order valence-corrected chi connectivity index (χ1v) is 8.38. The van der Waals surface area contributed by atoms with Gasteiger partial charge >= 0.3 is 0 Å². The number of rotatable bonds is 7. The van der Waals surface area contributed by atoms with E-state index in [1.165, 1.54) is 5.56 Å². The Morgan fingerprint density at radius 1 is 1.04 bits per heavy atom. The van der Waals surface area contributed by atoms with Crippen LogP contribution in [0.5, 0.6) is 0 Å². The van der Waals surface area contributed by atoms with Crippen LogP contribution in [-0.2, 0) is 11.3 Å². The largest absolute Gasteiger partial charge is 0.345 e. The number of aromatic nitrogens is 1. The molecule has 0 fully saturated rings. The monoisotopic (exact) mass is 325 g/mol. The number of pyridine rings is 1. The fourth-order valence-electron chi connectivity index (χ4n) is 2.69. The highest BCUT2D eigenvalue weighted by atomic mass is 16.1. The maximum absolute atomic E-state index is 12.3. The Hall–Kier alpha value is -2.20. The van der Waals surface area contributed by atoms with Gasteiger partial charge in [0.05, 0.1) is 6.04 Å². The zero-order valence-electron chi connectivity index (χ0n) is 15.0. The molecule has 1 heterocycles. The average Bonchev–Trinajstić information content (AvgIpc) is 2.53. The number of carbonyl (C=O) groups excluding carboxylic acids is 1. The lowest BCUT2D eigenvalue weighted by Crippen LogP contribution is -2.30. The molecule has 4 nitrogen and oxygen atoms in total. The maximum Gasteiger partial charge on any atom is 0.221 e. The summed E-state index contributed by atoms with van der Waals surface area (Å²) in [6.07, 6.45) is 4.05. The SMILES string of the molecule is CC(C)CC(=O)NC(c1ccncc1)c1ccc(CN(C)C)cc1. The molecule has 0 spiro atoms. The van der Waals surface area contributed by atoms with E-state index in [1.54, 1.807) is 12.4 Å². The van der Waals surface area contributed by atoms with Crippen LogP contribution >= 0.6 is 0 Å². The van der Waals surface area contributed by atoms with E-state index in [2.05, 4.69) is 67.4 Å². The van der Waals surface area contributed by atoms with Crippen molar-refractivity contribution in [2.75, 3.05) is 14.1 Å². The fraction of sp³-hybridized carbons (Fsp3) is 0.400. The van der Waals surface area contributed by atoms with Gasteiger partial charge in [0.15, 0.2) is 0 Å². The summed E-state index contributed by atoms with van der Waals surface area (Å²) in [7, 11) is 4.11. The molecule has 2 aromatic rings. The van der Waals surface area contributed by atoms with Gasteiger partial charge in [0.1, 0.15) is 0 Å². The summed E-state index contributed by atoms with van der Waals surface area (Å²) in [5.74, 6) is 0.412. The third-order valence-corrected chi connectivity index (χ3v) is 3.75. The number of carbonyl (C=O) groups is 1. The molecule has 1 amide bonds. The van der Waals surface area contributed by atoms with Crippen LogP contribution in [0.2, 0.25) is 0 Å². The van der Waals surface area contributed by atoms with Crippen LogP contribution in [-0.4, -0.2) is 29.9 Å². The average molecular weight is 325 g/mol. The van der Waals surface area contributed by atoms with Crippen molar-refractivity contribution in [2.45, 2.75) is 32.9 Å². The van der Waals surface area contributed by atoms with Crippen LogP contribution in [0.4, 0.5) is 0 Å². The summed E-state index contributed by atoms with van der Waals surface area (Å²) in [6.45, 7) is 5.01. The summed E-state index contributed by atoms with van der Waals surface area (Å²) in [5, 5.41) is 3.16. The molecule has 24 heavy (non-hydrogen) atoms. The first kappa shape index (κ1) is 18.1. The Bertz CT molecular complexity index is 636. The Labute approximate surface area is 144 Å². The molecular weight excluding hydrogens is 298 g/mol. The normalized spacial score (nSPS) is 12.4. The second kappa shape index (κ2) is 8.60. The van der Waals surface area contributed by atoms with Gasteiger partial charge in [0.25, 0.3) is 0 Å². The molecular formula is C20H27N3O. The molecule has 0 aliphatic heterocycles. The first-order valence-electron chi connectivity index (χ1n) is 8.38. The lowest BCUT2D eigenvalue weighted by atomic mass is 9.97. The van der Waals surface area contributed by atoms with Crippen molar-refractivity contribution >= 4 is 5.91 Å². The van der Waals surface area contributed by atoms with E-state index in [0.29, 0.717) is 12.3 Å². The number of hydrogen-bond acceptors (Lipinski definition) is 3. The number of nitrogens with one attached hydrogen (secondary N) is 1. The molecule has 4 heteroatoms. The van der Waals surface area contributed by atoms with Crippen molar-refractivity contribution in [3.63, 3.8) is 0 Å². The van der Waals surface area contributed by atoms with Gasteiger partial charge in [0.2, 0.25) is 5.91 Å². The van der Waals surface area contributed by atoms with E-state index in [9.17, 15) is 4.79 Å². The summed E-state index contributed by atoms with van der Waals surface area (Å²) in [4.78, 5) is 18.5. The van der Waals surface area contributed by atoms with Crippen LogP contribution in [0.15, 0.2) is 48.8 Å². The predicted octanol–water partition coefficient (Wildman–Crippen LogP) is 3.39. The molecule has 0 radical (unpaired) electrons. The van der Waals surface area contributed by atoms with E-state index in [4.69, 9.17) is 0 Å². The highest BCUT2D eigenvalue weighted by molar-refractivity contribution is 5.77. The second-order valence-electron chi connectivity index (χ2n) is 6.86. The molecule has 1 aromatic carbocycles. The summed E-state index contributed by atoms with van der Waals surface area (Å²) >= 11 is 0. The summed E-state index contributed by atoms with van der Waals surface area (Å²) < 4.78 is 0. The van der Waals surface area contributed by atoms with E-state index in [1.807, 2.05) is 12.1 Å². The van der Waals surface area contributed by atoms with Gasteiger partial charge in [-0.15, -0.1) is 0 Å². The molecule has 1 unspecified atom stereocenters. The molecule has 0 aliphatic carbocycles. The third-order valence-electron chi connectivity index (χ3n) is 3.75. The minimum absolute atomic E-state index is 0.0733. The predicted molar refractivity (Wildman–Crippen MR) is 97.5 cm³/mol. The van der Waals surface area contributed by atoms with E-state index in [0.717, 1.165) is 17.7 Å². The summed E-state index contributed by atoms with van der Waals surface area (Å²) in [5.41, 5.74) is 3.38. The van der Waals surface area contributed by atoms with Crippen LogP contribution < -0.4 is 5.32 Å². The van der Waals surface area contributed by atoms with Gasteiger partial charge in [-0.3, -0.25) is 9.78 Å². The number of nitrogens with zero attached hydrogens (tertiary/aromatic N) is 2. The molecule has 1 atom stereocenters. The van der Waals surface area contributed by atoms with Crippen molar-refractivity contribution in [2.24, 2.45) is 5.92 Å². The van der Waals surface area contributed by atoms with Gasteiger partial charge in [-0.2, -0.15) is 0 Å². The number of benzene rings is 1. The maximum atomic E-state index is 12.3. The van der Waals surface area contributed by atoms with E-state index >= 15 is 0 Å². The van der Waals surface area contributed by atoms with Gasteiger partial charge in [-0.05, 0) is 48.8 Å². The molecule has 128 valence electrons. The molecule has 0 aliphatic rings. The minimum Gasteiger partial charge on any atom is -0.345 e. The standard InChI is InChI=1S/C20H27N3O/c1-15(2)13-19(24)22-20(18-9-11-21-12-10-18)17-7-5-16(6-8-17)14-23(3)4/h5-12,15,20H,13-14H2,1-4H3,(H,22,24). The Balaban J connectivity index is 2.23. The molecule has 2 rings (SSSR count). The Kier molecular flexibility index (Phi) is 6.50. The smallest absolute Gasteiger partial charge is 0.221 e. The molecule has 1 N–H and O–H groups in total. The van der Waals surface area contributed by atoms with Crippen LogP contribution in [0.3, 0.4) is 0 Å². The Morgan fingerprint density at radius 3 is 2.17 bits per heavy atom. The van der Waals surface area contributed by atoms with Gasteiger partial charge in [-0.25, -0.2) is 0 Å². The first-order chi connectivity index (χ1) is 11.5. The number of amides is 1. The van der Waals surface area contributed by atoms with Crippen molar-refractivity contribution in [1.29, 1.82) is 0 Å². The Morgan fingerprint density at radius 2 is 1.62 bits per heavy atom. The van der Waals surface area contributed by atoms with Crippen LogP contribution in [0, 0.1) is 5.92 Å². The molecule has 0 saturated carbocycles. The van der Waals surface area contributed by atoms with Crippen molar-refractivity contribution in [3.05, 3.63) is 65.5 Å². The summed E-state index contributed by atoms with van der Waals surface area (Å²) in [6, 6.07) is 12.2. The zero-order valence-corrected chi connectivity index (χ0v) is 15.0. The third kappa shape index (κ3) is 5.46. The van der Waals surface area contributed by atoms with E-state index in [-0.39, 0.29) is 11.9 Å². The minimum atomic E-state index is -0.146. The van der Waals surface area contributed by atoms with Crippen LogP contribution in [0.25, 0.3) is 0 Å². The van der Waals surface area contributed by atoms with E-state index < -0.39 is 0 Å². The second-order valence-corrected chi connectivity index (χ2v) is 6.86. The lowest BCUT2D eigenvalue weighted by molar-refractivity contribution is -0.122. The number of hydrogen-bond donors (Lipinski definition) is 1. The molecule has 0 bridgehead atoms. The van der Waals surface area contributed by atoms with Crippen molar-refractivity contribution in [1.82, 2.24) is 15.2 Å². The zero-order chi connectivity index (χ0) is 17.5. The molecule has 0 saturated heterocycles.